The molecule has 112 valence electrons. The minimum absolute atomic E-state index is 0.134. The Labute approximate surface area is 120 Å². The summed E-state index contributed by atoms with van der Waals surface area (Å²) in [5.41, 5.74) is 6.53. The number of carbonyl (C=O) groups is 1. The molecule has 1 amide bonds. The molecular formula is C15H24N2O3. The summed E-state index contributed by atoms with van der Waals surface area (Å²) in [6, 6.07) is 5.58. The van der Waals surface area contributed by atoms with E-state index in [-0.39, 0.29) is 11.9 Å². The fourth-order valence-corrected chi connectivity index (χ4v) is 1.64. The summed E-state index contributed by atoms with van der Waals surface area (Å²) in [5.74, 6) is 0.983. The molecule has 2 atom stereocenters. The number of ether oxygens (including phenoxy) is 2. The van der Waals surface area contributed by atoms with Gasteiger partial charge in [-0.25, -0.2) is 0 Å². The van der Waals surface area contributed by atoms with E-state index in [0.717, 1.165) is 12.0 Å². The lowest BCUT2D eigenvalue weighted by Crippen LogP contribution is -2.41. The Kier molecular flexibility index (Phi) is 6.31. The van der Waals surface area contributed by atoms with Crippen LogP contribution >= 0.6 is 0 Å². The van der Waals surface area contributed by atoms with Gasteiger partial charge >= 0.3 is 0 Å². The Morgan fingerprint density at radius 2 is 2.05 bits per heavy atom. The van der Waals surface area contributed by atoms with Crippen molar-refractivity contribution in [1.29, 1.82) is 0 Å². The number of nitrogens with one attached hydrogen (secondary N) is 1. The number of rotatable bonds is 7. The molecule has 1 aromatic carbocycles. The third-order valence-electron chi connectivity index (χ3n) is 3.14. The zero-order valence-electron chi connectivity index (χ0n) is 12.6. The fraction of sp³-hybridized carbons (Fsp3) is 0.533. The summed E-state index contributed by atoms with van der Waals surface area (Å²) in [6.07, 6.45) is 0.300. The highest BCUT2D eigenvalue weighted by atomic mass is 16.5. The number of amides is 1. The molecular weight excluding hydrogens is 256 g/mol. The molecule has 0 saturated carbocycles. The molecule has 0 aliphatic carbocycles. The van der Waals surface area contributed by atoms with Crippen LogP contribution in [0.4, 0.5) is 0 Å². The molecule has 0 fully saturated rings. The number of hydrogen-bond acceptors (Lipinski definition) is 4. The van der Waals surface area contributed by atoms with Gasteiger partial charge in [0.15, 0.2) is 17.6 Å². The Bertz CT molecular complexity index is 449. The first-order chi connectivity index (χ1) is 9.51. The van der Waals surface area contributed by atoms with E-state index in [1.165, 1.54) is 0 Å². The van der Waals surface area contributed by atoms with Crippen molar-refractivity contribution >= 4 is 5.91 Å². The lowest BCUT2D eigenvalue weighted by Gasteiger charge is -2.19. The van der Waals surface area contributed by atoms with Crippen molar-refractivity contribution in [3.8, 4) is 11.5 Å². The van der Waals surface area contributed by atoms with E-state index in [0.29, 0.717) is 18.0 Å². The summed E-state index contributed by atoms with van der Waals surface area (Å²) in [4.78, 5) is 11.9. The van der Waals surface area contributed by atoms with Gasteiger partial charge in [0.2, 0.25) is 0 Å². The molecule has 1 aromatic rings. The predicted octanol–water partition coefficient (Wildman–Crippen LogP) is 1.84. The number of methoxy groups -OCH3 is 1. The van der Waals surface area contributed by atoms with Gasteiger partial charge in [-0.2, -0.15) is 0 Å². The van der Waals surface area contributed by atoms with Gasteiger partial charge in [0, 0.05) is 12.6 Å². The Morgan fingerprint density at radius 3 is 2.60 bits per heavy atom. The van der Waals surface area contributed by atoms with Crippen molar-refractivity contribution in [1.82, 2.24) is 5.32 Å². The van der Waals surface area contributed by atoms with E-state index >= 15 is 0 Å². The zero-order valence-corrected chi connectivity index (χ0v) is 12.6. The molecule has 0 aliphatic heterocycles. The van der Waals surface area contributed by atoms with Crippen molar-refractivity contribution in [2.45, 2.75) is 45.9 Å². The molecule has 20 heavy (non-hydrogen) atoms. The lowest BCUT2D eigenvalue weighted by molar-refractivity contribution is -0.127. The van der Waals surface area contributed by atoms with Crippen molar-refractivity contribution < 1.29 is 14.3 Å². The quantitative estimate of drug-likeness (QED) is 0.799. The minimum atomic E-state index is -0.582. The van der Waals surface area contributed by atoms with Crippen molar-refractivity contribution in [2.75, 3.05) is 7.11 Å². The summed E-state index contributed by atoms with van der Waals surface area (Å²) in [5, 5.41) is 2.88. The first-order valence-corrected chi connectivity index (χ1v) is 6.85. The van der Waals surface area contributed by atoms with Crippen LogP contribution in [-0.2, 0) is 11.3 Å². The summed E-state index contributed by atoms with van der Waals surface area (Å²) in [7, 11) is 1.56. The summed E-state index contributed by atoms with van der Waals surface area (Å²) < 4.78 is 10.9. The highest BCUT2D eigenvalue weighted by Crippen LogP contribution is 2.28. The maximum atomic E-state index is 11.9. The molecule has 2 unspecified atom stereocenters. The SMILES string of the molecule is CCC(C)NC(=O)C(C)Oc1ccc(CN)cc1OC. The van der Waals surface area contributed by atoms with Gasteiger partial charge in [0.25, 0.3) is 5.91 Å². The Hall–Kier alpha value is -1.75. The number of carbonyl (C=O) groups excluding carboxylic acids is 1. The highest BCUT2D eigenvalue weighted by Gasteiger charge is 2.18. The standard InChI is InChI=1S/C15H24N2O3/c1-5-10(2)17-15(18)11(3)20-13-7-6-12(9-16)8-14(13)19-4/h6-8,10-11H,5,9,16H2,1-4H3,(H,17,18). The zero-order chi connectivity index (χ0) is 15.1. The summed E-state index contributed by atoms with van der Waals surface area (Å²) >= 11 is 0. The van der Waals surface area contributed by atoms with Crippen molar-refractivity contribution in [2.24, 2.45) is 5.73 Å². The van der Waals surface area contributed by atoms with E-state index in [1.807, 2.05) is 26.0 Å². The number of hydrogen-bond donors (Lipinski definition) is 2. The van der Waals surface area contributed by atoms with Crippen LogP contribution in [0.25, 0.3) is 0 Å². The minimum Gasteiger partial charge on any atom is -0.493 e. The van der Waals surface area contributed by atoms with E-state index in [2.05, 4.69) is 5.32 Å². The van der Waals surface area contributed by atoms with E-state index in [9.17, 15) is 4.79 Å². The molecule has 0 heterocycles. The Morgan fingerprint density at radius 1 is 1.35 bits per heavy atom. The van der Waals surface area contributed by atoms with Gasteiger partial charge in [-0.1, -0.05) is 13.0 Å². The molecule has 0 aliphatic rings. The van der Waals surface area contributed by atoms with Crippen LogP contribution in [0.15, 0.2) is 18.2 Å². The van der Waals surface area contributed by atoms with E-state index < -0.39 is 6.10 Å². The molecule has 5 nitrogen and oxygen atoms in total. The molecule has 0 spiro atoms. The monoisotopic (exact) mass is 280 g/mol. The normalized spacial score (nSPS) is 13.4. The average Bonchev–Trinajstić information content (AvgIpc) is 2.47. The predicted molar refractivity (Wildman–Crippen MR) is 78.9 cm³/mol. The third kappa shape index (κ3) is 4.42. The molecule has 3 N–H and O–H groups in total. The molecule has 1 rings (SSSR count). The molecule has 0 saturated heterocycles. The van der Waals surface area contributed by atoms with Crippen LogP contribution in [0.2, 0.25) is 0 Å². The second kappa shape index (κ2) is 7.75. The van der Waals surface area contributed by atoms with Gasteiger partial charge < -0.3 is 20.5 Å². The van der Waals surface area contributed by atoms with Crippen LogP contribution in [0.3, 0.4) is 0 Å². The van der Waals surface area contributed by atoms with Gasteiger partial charge in [0.05, 0.1) is 7.11 Å². The van der Waals surface area contributed by atoms with Gasteiger partial charge in [0.1, 0.15) is 0 Å². The van der Waals surface area contributed by atoms with Gasteiger partial charge in [-0.05, 0) is 38.0 Å². The second-order valence-corrected chi connectivity index (χ2v) is 4.77. The second-order valence-electron chi connectivity index (χ2n) is 4.77. The van der Waals surface area contributed by atoms with Crippen LogP contribution in [-0.4, -0.2) is 25.2 Å². The number of benzene rings is 1. The fourth-order valence-electron chi connectivity index (χ4n) is 1.64. The van der Waals surface area contributed by atoms with Crippen LogP contribution < -0.4 is 20.5 Å². The molecule has 0 radical (unpaired) electrons. The van der Waals surface area contributed by atoms with Crippen molar-refractivity contribution in [3.63, 3.8) is 0 Å². The maximum Gasteiger partial charge on any atom is 0.260 e. The van der Waals surface area contributed by atoms with Gasteiger partial charge in [-0.3, -0.25) is 4.79 Å². The lowest BCUT2D eigenvalue weighted by atomic mass is 10.2. The number of nitrogens with two attached hydrogens (primary N) is 1. The van der Waals surface area contributed by atoms with Crippen LogP contribution in [0.5, 0.6) is 11.5 Å². The molecule has 0 bridgehead atoms. The smallest absolute Gasteiger partial charge is 0.260 e. The molecule has 0 aromatic heterocycles. The van der Waals surface area contributed by atoms with E-state index in [1.54, 1.807) is 20.1 Å². The van der Waals surface area contributed by atoms with Crippen LogP contribution in [0, 0.1) is 0 Å². The topological polar surface area (TPSA) is 73.6 Å². The molecule has 5 heteroatoms. The van der Waals surface area contributed by atoms with Crippen molar-refractivity contribution in [3.05, 3.63) is 23.8 Å². The van der Waals surface area contributed by atoms with E-state index in [4.69, 9.17) is 15.2 Å². The van der Waals surface area contributed by atoms with Gasteiger partial charge in [-0.15, -0.1) is 0 Å². The third-order valence-corrected chi connectivity index (χ3v) is 3.14. The summed E-state index contributed by atoms with van der Waals surface area (Å²) in [6.45, 7) is 6.13. The largest absolute Gasteiger partial charge is 0.493 e. The van der Waals surface area contributed by atoms with Crippen LogP contribution in [0.1, 0.15) is 32.8 Å². The average molecular weight is 280 g/mol. The Balaban J connectivity index is 2.74. The maximum absolute atomic E-state index is 11.9. The first-order valence-electron chi connectivity index (χ1n) is 6.85. The first kappa shape index (κ1) is 16.3. The highest BCUT2D eigenvalue weighted by molar-refractivity contribution is 5.81.